The van der Waals surface area contributed by atoms with Crippen molar-refractivity contribution < 1.29 is 54.2 Å². The molecule has 0 bridgehead atoms. The monoisotopic (exact) mass is 527 g/mol. The third-order valence-electron chi connectivity index (χ3n) is 4.98. The van der Waals surface area contributed by atoms with Gasteiger partial charge in [0.1, 0.15) is 12.4 Å². The molecule has 1 amide bonds. The highest BCUT2D eigenvalue weighted by atomic mass is 19.4. The Balaban J connectivity index is 0.000000454. The van der Waals surface area contributed by atoms with E-state index in [1.54, 1.807) is 6.07 Å². The fourth-order valence-corrected chi connectivity index (χ4v) is 3.26. The summed E-state index contributed by atoms with van der Waals surface area (Å²) in [5.41, 5.74) is -0.762. The predicted molar refractivity (Wildman–Crippen MR) is 105 cm³/mol. The van der Waals surface area contributed by atoms with E-state index < -0.39 is 54.6 Å². The first-order valence-corrected chi connectivity index (χ1v) is 9.76. The second kappa shape index (κ2) is 9.35. The Morgan fingerprint density at radius 3 is 2.19 bits per heavy atom. The highest BCUT2D eigenvalue weighted by Gasteiger charge is 2.46. The zero-order valence-corrected chi connectivity index (χ0v) is 17.7. The van der Waals surface area contributed by atoms with E-state index in [-0.39, 0.29) is 17.7 Å². The van der Waals surface area contributed by atoms with Crippen LogP contribution in [-0.4, -0.2) is 56.6 Å². The van der Waals surface area contributed by atoms with Gasteiger partial charge in [-0.05, 0) is 18.2 Å². The van der Waals surface area contributed by atoms with Crippen LogP contribution in [0.3, 0.4) is 0 Å². The van der Waals surface area contributed by atoms with Crippen LogP contribution in [0.25, 0.3) is 22.2 Å². The number of amides is 1. The van der Waals surface area contributed by atoms with E-state index in [0.29, 0.717) is 17.1 Å². The van der Waals surface area contributed by atoms with Crippen molar-refractivity contribution >= 4 is 22.9 Å². The molecule has 36 heavy (non-hydrogen) atoms. The number of likely N-dealkylation sites (tertiary alicyclic amines) is 1. The van der Waals surface area contributed by atoms with E-state index in [0.717, 1.165) is 11.0 Å². The number of pyridine rings is 1. The average molecular weight is 527 g/mol. The number of aliphatic carboxylic acids is 1. The minimum Gasteiger partial charge on any atom is -0.475 e. The second-order valence-corrected chi connectivity index (χ2v) is 7.65. The molecule has 0 radical (unpaired) electrons. The number of carbonyl (C=O) groups is 2. The van der Waals surface area contributed by atoms with Crippen molar-refractivity contribution in [2.45, 2.75) is 24.8 Å². The number of fused-ring (bicyclic) bond motifs is 1. The number of hydrogen-bond acceptors (Lipinski definition) is 3. The van der Waals surface area contributed by atoms with Crippen molar-refractivity contribution in [1.82, 2.24) is 14.5 Å². The van der Waals surface area contributed by atoms with Gasteiger partial charge in [0, 0.05) is 23.5 Å². The molecule has 4 rings (SSSR count). The van der Waals surface area contributed by atoms with Gasteiger partial charge in [0.25, 0.3) is 5.92 Å². The number of nitrogens with zero attached hydrogens (tertiary/aromatic N) is 3. The summed E-state index contributed by atoms with van der Waals surface area (Å²) >= 11 is 0. The molecule has 1 N–H and O–H groups in total. The summed E-state index contributed by atoms with van der Waals surface area (Å²) in [7, 11) is 0. The van der Waals surface area contributed by atoms with E-state index in [1.165, 1.54) is 29.1 Å². The Kier molecular flexibility index (Phi) is 6.97. The third-order valence-corrected chi connectivity index (χ3v) is 4.98. The molecule has 1 fully saturated rings. The number of halogens is 9. The summed E-state index contributed by atoms with van der Waals surface area (Å²) in [6.45, 7) is -1.54. The lowest BCUT2D eigenvalue weighted by Crippen LogP contribution is -2.59. The zero-order valence-electron chi connectivity index (χ0n) is 17.7. The number of carboxylic acid groups (broad SMARTS) is 1. The SMILES string of the molecule is O=C(Cn1ccc2ncc(-c3cccc(C(F)(F)F)c3F)cc21)N1CC(F)(F)C1.O=C(O)C(F)(F)F. The van der Waals surface area contributed by atoms with Gasteiger partial charge in [-0.3, -0.25) is 9.78 Å². The normalized spacial score (nSPS) is 15.2. The first-order chi connectivity index (χ1) is 16.5. The minimum absolute atomic E-state index is 0.101. The van der Waals surface area contributed by atoms with Gasteiger partial charge < -0.3 is 14.6 Å². The molecule has 3 heterocycles. The van der Waals surface area contributed by atoms with Crippen LogP contribution >= 0.6 is 0 Å². The molecule has 15 heteroatoms. The first-order valence-electron chi connectivity index (χ1n) is 9.76. The molecule has 0 spiro atoms. The van der Waals surface area contributed by atoms with E-state index in [1.807, 2.05) is 0 Å². The number of alkyl halides is 8. The molecule has 1 saturated heterocycles. The predicted octanol–water partition coefficient (Wildman–Crippen LogP) is 4.97. The minimum atomic E-state index is -5.08. The summed E-state index contributed by atoms with van der Waals surface area (Å²) in [6, 6.07) is 5.93. The molecule has 194 valence electrons. The number of carbonyl (C=O) groups excluding carboxylic acids is 1. The van der Waals surface area contributed by atoms with Gasteiger partial charge in [-0.2, -0.15) is 26.3 Å². The van der Waals surface area contributed by atoms with Gasteiger partial charge in [-0.1, -0.05) is 12.1 Å². The van der Waals surface area contributed by atoms with Crippen LogP contribution in [0.1, 0.15) is 5.56 Å². The molecule has 0 aliphatic carbocycles. The third kappa shape index (κ3) is 5.88. The quantitative estimate of drug-likeness (QED) is 0.489. The largest absolute Gasteiger partial charge is 0.490 e. The lowest BCUT2D eigenvalue weighted by molar-refractivity contribution is -0.192. The van der Waals surface area contributed by atoms with E-state index in [9.17, 15) is 44.3 Å². The molecule has 0 saturated carbocycles. The fourth-order valence-electron chi connectivity index (χ4n) is 3.26. The molecule has 2 aromatic heterocycles. The molecule has 1 aliphatic rings. The number of hydrogen-bond donors (Lipinski definition) is 1. The number of carboxylic acids is 1. The smallest absolute Gasteiger partial charge is 0.475 e. The van der Waals surface area contributed by atoms with Gasteiger partial charge in [0.05, 0.1) is 29.7 Å². The Bertz CT molecular complexity index is 1290. The Hall–Kier alpha value is -3.78. The van der Waals surface area contributed by atoms with Crippen molar-refractivity contribution in [2.24, 2.45) is 0 Å². The molecule has 6 nitrogen and oxygen atoms in total. The summed E-state index contributed by atoms with van der Waals surface area (Å²) in [5.74, 6) is -7.58. The molecule has 0 unspecified atom stereocenters. The average Bonchev–Trinajstić information content (AvgIpc) is 3.13. The van der Waals surface area contributed by atoms with Gasteiger partial charge in [-0.15, -0.1) is 0 Å². The van der Waals surface area contributed by atoms with Crippen LogP contribution in [0.15, 0.2) is 42.7 Å². The maximum absolute atomic E-state index is 14.4. The van der Waals surface area contributed by atoms with E-state index in [2.05, 4.69) is 4.98 Å². The Morgan fingerprint density at radius 1 is 1.06 bits per heavy atom. The summed E-state index contributed by atoms with van der Waals surface area (Å²) in [4.78, 5) is 26.2. The van der Waals surface area contributed by atoms with Crippen LogP contribution in [0, 0.1) is 5.82 Å². The Labute approximate surface area is 195 Å². The molecular weight excluding hydrogens is 513 g/mol. The summed E-state index contributed by atoms with van der Waals surface area (Å²) in [5, 5.41) is 7.12. The number of benzene rings is 1. The van der Waals surface area contributed by atoms with Crippen LogP contribution in [0.4, 0.5) is 39.5 Å². The summed E-state index contributed by atoms with van der Waals surface area (Å²) < 4.78 is 112. The van der Waals surface area contributed by atoms with Gasteiger partial charge in [0.15, 0.2) is 0 Å². The summed E-state index contributed by atoms with van der Waals surface area (Å²) in [6.07, 6.45) is -7.17. The van der Waals surface area contributed by atoms with Crippen molar-refractivity contribution in [2.75, 3.05) is 13.1 Å². The molecular formula is C21H14F9N3O3. The van der Waals surface area contributed by atoms with E-state index >= 15 is 0 Å². The van der Waals surface area contributed by atoms with E-state index in [4.69, 9.17) is 9.90 Å². The van der Waals surface area contributed by atoms with Crippen molar-refractivity contribution in [1.29, 1.82) is 0 Å². The van der Waals surface area contributed by atoms with Crippen LogP contribution < -0.4 is 0 Å². The van der Waals surface area contributed by atoms with Crippen molar-refractivity contribution in [3.8, 4) is 11.1 Å². The zero-order chi connectivity index (χ0) is 27.1. The van der Waals surface area contributed by atoms with Crippen LogP contribution in [0.2, 0.25) is 0 Å². The van der Waals surface area contributed by atoms with Crippen LogP contribution in [-0.2, 0) is 22.3 Å². The Morgan fingerprint density at radius 2 is 1.67 bits per heavy atom. The maximum Gasteiger partial charge on any atom is 0.490 e. The highest BCUT2D eigenvalue weighted by molar-refractivity contribution is 5.84. The maximum atomic E-state index is 14.4. The molecule has 3 aromatic rings. The van der Waals surface area contributed by atoms with Crippen molar-refractivity contribution in [3.63, 3.8) is 0 Å². The van der Waals surface area contributed by atoms with Crippen molar-refractivity contribution in [3.05, 3.63) is 54.1 Å². The first kappa shape index (κ1) is 26.8. The van der Waals surface area contributed by atoms with Gasteiger partial charge in [-0.25, -0.2) is 18.0 Å². The highest BCUT2D eigenvalue weighted by Crippen LogP contribution is 2.36. The lowest BCUT2D eigenvalue weighted by atomic mass is 10.0. The molecule has 0 atom stereocenters. The van der Waals surface area contributed by atoms with Crippen LogP contribution in [0.5, 0.6) is 0 Å². The lowest BCUT2D eigenvalue weighted by Gasteiger charge is -2.38. The molecule has 1 aliphatic heterocycles. The molecule has 1 aromatic carbocycles. The standard InChI is InChI=1S/C19H13F6N3O.C2HF3O2/c20-17-12(2-1-3-13(17)19(23,24)25)11-6-15-14(26-7-11)4-5-27(15)8-16(29)28-9-18(21,22)10-28;3-2(4,5)1(6)7/h1-7H,8-10H2;(H,6,7). The number of rotatable bonds is 3. The second-order valence-electron chi connectivity index (χ2n) is 7.65. The van der Waals surface area contributed by atoms with Gasteiger partial charge >= 0.3 is 18.3 Å². The fraction of sp³-hybridized carbons (Fsp3) is 0.286. The topological polar surface area (TPSA) is 75.4 Å². The van der Waals surface area contributed by atoms with Gasteiger partial charge in [0.2, 0.25) is 5.91 Å². The number of aromatic nitrogens is 2.